The van der Waals surface area contributed by atoms with Gasteiger partial charge in [0.15, 0.2) is 0 Å². The molecule has 0 amide bonds. The molecule has 0 aromatic rings. The molecule has 1 unspecified atom stereocenters. The lowest BCUT2D eigenvalue weighted by Gasteiger charge is -2.44. The van der Waals surface area contributed by atoms with Gasteiger partial charge in [-0.15, -0.1) is 0 Å². The number of hydrogen-bond acceptors (Lipinski definition) is 2. The van der Waals surface area contributed by atoms with Crippen LogP contribution in [0.25, 0.3) is 0 Å². The van der Waals surface area contributed by atoms with Crippen molar-refractivity contribution in [3.8, 4) is 0 Å². The fourth-order valence-electron chi connectivity index (χ4n) is 3.30. The van der Waals surface area contributed by atoms with Crippen LogP contribution in [0.2, 0.25) is 0 Å². The van der Waals surface area contributed by atoms with E-state index >= 15 is 0 Å². The first-order valence-electron chi connectivity index (χ1n) is 7.25. The van der Waals surface area contributed by atoms with Gasteiger partial charge in [-0.3, -0.25) is 8.78 Å². The van der Waals surface area contributed by atoms with Crippen LogP contribution >= 0.6 is 0 Å². The highest BCUT2D eigenvalue weighted by Crippen LogP contribution is 2.41. The lowest BCUT2D eigenvalue weighted by atomic mass is 9.67. The van der Waals surface area contributed by atoms with Gasteiger partial charge in [-0.1, -0.05) is 6.92 Å². The van der Waals surface area contributed by atoms with Crippen molar-refractivity contribution in [3.63, 3.8) is 0 Å². The quantitative estimate of drug-likeness (QED) is 0.789. The summed E-state index contributed by atoms with van der Waals surface area (Å²) in [4.78, 5) is 2.50. The molecule has 2 rings (SSSR count). The molecule has 1 atom stereocenters. The topological polar surface area (TPSA) is 15.3 Å². The number of nitrogens with zero attached hydrogens (tertiary/aromatic N) is 1. The van der Waals surface area contributed by atoms with E-state index in [2.05, 4.69) is 17.1 Å². The van der Waals surface area contributed by atoms with Crippen LogP contribution in [0.3, 0.4) is 0 Å². The van der Waals surface area contributed by atoms with E-state index in [-0.39, 0.29) is 0 Å². The van der Waals surface area contributed by atoms with Crippen molar-refractivity contribution in [1.82, 2.24) is 10.2 Å². The summed E-state index contributed by atoms with van der Waals surface area (Å²) in [7, 11) is 0. The summed E-state index contributed by atoms with van der Waals surface area (Å²) in [6.45, 7) is 5.71. The second kappa shape index (κ2) is 6.29. The summed E-state index contributed by atoms with van der Waals surface area (Å²) < 4.78 is 25.3. The van der Waals surface area contributed by atoms with Crippen molar-refractivity contribution < 1.29 is 8.78 Å². The van der Waals surface area contributed by atoms with Crippen LogP contribution in [0.1, 0.15) is 32.6 Å². The van der Waals surface area contributed by atoms with Gasteiger partial charge >= 0.3 is 0 Å². The average molecular weight is 260 g/mol. The Balaban J connectivity index is 1.57. The van der Waals surface area contributed by atoms with Crippen molar-refractivity contribution in [2.45, 2.75) is 38.6 Å². The minimum atomic E-state index is -0.642. The monoisotopic (exact) mass is 260 g/mol. The van der Waals surface area contributed by atoms with E-state index < -0.39 is 18.8 Å². The Labute approximate surface area is 109 Å². The predicted octanol–water partition coefficient (Wildman–Crippen LogP) is 2.40. The largest absolute Gasteiger partial charge is 0.313 e. The van der Waals surface area contributed by atoms with E-state index in [0.717, 1.165) is 19.0 Å². The average Bonchev–Trinajstić information content (AvgIpc) is 2.32. The van der Waals surface area contributed by atoms with Gasteiger partial charge < -0.3 is 10.2 Å². The van der Waals surface area contributed by atoms with Gasteiger partial charge in [0.1, 0.15) is 0 Å². The molecule has 2 nitrogen and oxygen atoms in total. The first-order chi connectivity index (χ1) is 8.67. The summed E-state index contributed by atoms with van der Waals surface area (Å²) in [5.41, 5.74) is -0.642. The Bertz CT molecular complexity index is 248. The first-order valence-corrected chi connectivity index (χ1v) is 7.25. The molecule has 4 heteroatoms. The maximum Gasteiger partial charge on any atom is 0.0976 e. The fourth-order valence-corrected chi connectivity index (χ4v) is 3.30. The molecule has 1 saturated carbocycles. The standard InChI is InChI=1S/C14H26F2N2/c1-12-3-2-5-18(9-12)6-4-17-13-7-14(8-13,10-15)11-16/h12-13,17H,2-11H2,1H3. The van der Waals surface area contributed by atoms with Crippen LogP contribution in [0, 0.1) is 11.3 Å². The Kier molecular flexibility index (Phi) is 4.96. The Hall–Kier alpha value is -0.220. The lowest BCUT2D eigenvalue weighted by Crippen LogP contribution is -2.52. The van der Waals surface area contributed by atoms with Gasteiger partial charge in [-0.05, 0) is 38.1 Å². The van der Waals surface area contributed by atoms with Gasteiger partial charge in [0, 0.05) is 31.1 Å². The molecule has 18 heavy (non-hydrogen) atoms. The van der Waals surface area contributed by atoms with E-state index in [1.165, 1.54) is 25.9 Å². The second-order valence-corrected chi connectivity index (χ2v) is 6.37. The number of nitrogens with one attached hydrogen (secondary N) is 1. The maximum atomic E-state index is 12.6. The lowest BCUT2D eigenvalue weighted by molar-refractivity contribution is 0.0237. The third-order valence-electron chi connectivity index (χ3n) is 4.53. The zero-order valence-corrected chi connectivity index (χ0v) is 11.4. The molecule has 1 saturated heterocycles. The molecule has 0 aromatic heterocycles. The summed E-state index contributed by atoms with van der Waals surface area (Å²) in [6, 6.07) is 0.332. The molecule has 0 bridgehead atoms. The minimum absolute atomic E-state index is 0.332. The molecular formula is C14H26F2N2. The molecule has 1 heterocycles. The van der Waals surface area contributed by atoms with Crippen molar-refractivity contribution in [1.29, 1.82) is 0 Å². The highest BCUT2D eigenvalue weighted by Gasteiger charge is 2.44. The number of halogens is 2. The van der Waals surface area contributed by atoms with Gasteiger partial charge in [-0.2, -0.15) is 0 Å². The summed E-state index contributed by atoms with van der Waals surface area (Å²) in [5, 5.41) is 3.43. The zero-order chi connectivity index (χ0) is 13.0. The third-order valence-corrected chi connectivity index (χ3v) is 4.53. The van der Waals surface area contributed by atoms with Crippen molar-refractivity contribution in [3.05, 3.63) is 0 Å². The second-order valence-electron chi connectivity index (χ2n) is 6.37. The zero-order valence-electron chi connectivity index (χ0n) is 11.4. The first kappa shape index (κ1) is 14.2. The van der Waals surface area contributed by atoms with E-state index in [0.29, 0.717) is 18.9 Å². The fraction of sp³-hybridized carbons (Fsp3) is 1.00. The number of likely N-dealkylation sites (tertiary alicyclic amines) is 1. The van der Waals surface area contributed by atoms with E-state index in [9.17, 15) is 8.78 Å². The number of alkyl halides is 2. The van der Waals surface area contributed by atoms with Crippen LogP contribution in [-0.2, 0) is 0 Å². The van der Waals surface area contributed by atoms with E-state index in [1.54, 1.807) is 0 Å². The van der Waals surface area contributed by atoms with Crippen LogP contribution in [0.5, 0.6) is 0 Å². The molecular weight excluding hydrogens is 234 g/mol. The van der Waals surface area contributed by atoms with Crippen LogP contribution < -0.4 is 5.32 Å². The van der Waals surface area contributed by atoms with Gasteiger partial charge in [0.25, 0.3) is 0 Å². The molecule has 0 spiro atoms. The third kappa shape index (κ3) is 3.41. The molecule has 1 aliphatic heterocycles. The Morgan fingerprint density at radius 2 is 2.00 bits per heavy atom. The summed E-state index contributed by atoms with van der Waals surface area (Å²) >= 11 is 0. The predicted molar refractivity (Wildman–Crippen MR) is 70.2 cm³/mol. The molecule has 106 valence electrons. The van der Waals surface area contributed by atoms with E-state index in [1.807, 2.05) is 0 Å². The molecule has 0 aromatic carbocycles. The Morgan fingerprint density at radius 1 is 1.28 bits per heavy atom. The molecule has 0 radical (unpaired) electrons. The molecule has 1 aliphatic carbocycles. The Morgan fingerprint density at radius 3 is 2.61 bits per heavy atom. The van der Waals surface area contributed by atoms with Crippen molar-refractivity contribution in [2.75, 3.05) is 39.5 Å². The number of piperidine rings is 1. The molecule has 2 aliphatic rings. The smallest absolute Gasteiger partial charge is 0.0976 e. The summed E-state index contributed by atoms with van der Waals surface area (Å²) in [6.07, 6.45) is 3.98. The highest BCUT2D eigenvalue weighted by molar-refractivity contribution is 4.97. The van der Waals surface area contributed by atoms with Crippen molar-refractivity contribution in [2.24, 2.45) is 11.3 Å². The maximum absolute atomic E-state index is 12.6. The molecule has 1 N–H and O–H groups in total. The number of rotatable bonds is 6. The molecule has 2 fully saturated rings. The van der Waals surface area contributed by atoms with Crippen LogP contribution in [0.15, 0.2) is 0 Å². The van der Waals surface area contributed by atoms with Gasteiger partial charge in [0.05, 0.1) is 13.3 Å². The number of hydrogen-bond donors (Lipinski definition) is 1. The normalized spacial score (nSPS) is 29.2. The van der Waals surface area contributed by atoms with E-state index in [4.69, 9.17) is 0 Å². The highest BCUT2D eigenvalue weighted by atomic mass is 19.1. The SMILES string of the molecule is CC1CCCN(CCNC2CC(CF)(CF)C2)C1. The van der Waals surface area contributed by atoms with Gasteiger partial charge in [0.2, 0.25) is 0 Å². The minimum Gasteiger partial charge on any atom is -0.313 e. The summed E-state index contributed by atoms with van der Waals surface area (Å²) in [5.74, 6) is 0.813. The van der Waals surface area contributed by atoms with Crippen LogP contribution in [0.4, 0.5) is 8.78 Å². The van der Waals surface area contributed by atoms with Gasteiger partial charge in [-0.25, -0.2) is 0 Å². The van der Waals surface area contributed by atoms with Crippen molar-refractivity contribution >= 4 is 0 Å². The van der Waals surface area contributed by atoms with Crippen LogP contribution in [-0.4, -0.2) is 50.5 Å².